The predicted molar refractivity (Wildman–Crippen MR) is 169 cm³/mol. The molecule has 2 heterocycles. The minimum Gasteiger partial charge on any atom is -0.481 e. The fourth-order valence-corrected chi connectivity index (χ4v) is 4.69. The first-order valence-electron chi connectivity index (χ1n) is 14.2. The number of aliphatic hydroxyl groups excluding tert-OH is 1. The number of carbonyl (C=O) groups excluding carboxylic acids is 1. The van der Waals surface area contributed by atoms with Crippen LogP contribution in [0, 0.1) is 10.1 Å². The van der Waals surface area contributed by atoms with Gasteiger partial charge in [-0.15, -0.1) is 0 Å². The first kappa shape index (κ1) is 32.5. The number of methoxy groups -OCH3 is 2. The number of para-hydroxylation sites is 4. The Hall–Kier alpha value is -5.43. The Kier molecular flexibility index (Phi) is 11.1. The van der Waals surface area contributed by atoms with Crippen molar-refractivity contribution in [3.05, 3.63) is 106 Å². The van der Waals surface area contributed by atoms with Crippen LogP contribution in [-0.4, -0.2) is 64.5 Å². The summed E-state index contributed by atoms with van der Waals surface area (Å²) in [6.07, 6.45) is -2.01. The summed E-state index contributed by atoms with van der Waals surface area (Å²) in [7, 11) is 2.99. The largest absolute Gasteiger partial charge is 0.481 e. The molecule has 13 nitrogen and oxygen atoms in total. The number of pyridine rings is 2. The first-order chi connectivity index (χ1) is 21.7. The van der Waals surface area contributed by atoms with E-state index in [-0.39, 0.29) is 24.2 Å². The zero-order valence-electron chi connectivity index (χ0n) is 25.1. The SMILES string of the molecule is COc1cccc(CC(Nc2ccccc2[N+](=O)[O-])C(=O)OC(C)C(O)C(Cc2cccc(OC)n2)Nc2ccccc2N)n1. The smallest absolute Gasteiger partial charge is 0.329 e. The van der Waals surface area contributed by atoms with Gasteiger partial charge in [0.25, 0.3) is 5.69 Å². The van der Waals surface area contributed by atoms with Crippen molar-refractivity contribution in [1.82, 2.24) is 9.97 Å². The molecule has 0 aliphatic heterocycles. The van der Waals surface area contributed by atoms with Crippen LogP contribution in [0.2, 0.25) is 0 Å². The summed E-state index contributed by atoms with van der Waals surface area (Å²) in [4.78, 5) is 33.7. The van der Waals surface area contributed by atoms with Crippen LogP contribution in [0.3, 0.4) is 0 Å². The molecule has 0 saturated carbocycles. The predicted octanol–water partition coefficient (Wildman–Crippen LogP) is 4.02. The van der Waals surface area contributed by atoms with Gasteiger partial charge in [0.2, 0.25) is 11.8 Å². The second kappa shape index (κ2) is 15.3. The zero-order chi connectivity index (χ0) is 32.3. The first-order valence-corrected chi connectivity index (χ1v) is 14.2. The lowest BCUT2D eigenvalue weighted by molar-refractivity contribution is -0.384. The van der Waals surface area contributed by atoms with Crippen LogP contribution in [0.25, 0.3) is 0 Å². The van der Waals surface area contributed by atoms with Crippen LogP contribution in [0.1, 0.15) is 18.3 Å². The number of anilines is 3. The third-order valence-corrected chi connectivity index (χ3v) is 7.03. The molecule has 2 aromatic carbocycles. The van der Waals surface area contributed by atoms with Crippen LogP contribution in [0.15, 0.2) is 84.9 Å². The number of hydrogen-bond donors (Lipinski definition) is 4. The minimum absolute atomic E-state index is 0.0147. The number of aromatic nitrogens is 2. The van der Waals surface area contributed by atoms with Crippen molar-refractivity contribution in [2.24, 2.45) is 0 Å². The summed E-state index contributed by atoms with van der Waals surface area (Å²) < 4.78 is 16.3. The third-order valence-electron chi connectivity index (χ3n) is 7.03. The molecule has 0 bridgehead atoms. The van der Waals surface area contributed by atoms with Crippen molar-refractivity contribution in [3.8, 4) is 11.8 Å². The lowest BCUT2D eigenvalue weighted by Gasteiger charge is -2.30. The van der Waals surface area contributed by atoms with Crippen molar-refractivity contribution in [2.75, 3.05) is 30.6 Å². The van der Waals surface area contributed by atoms with E-state index < -0.39 is 35.2 Å². The number of carbonyl (C=O) groups is 1. The van der Waals surface area contributed by atoms with E-state index in [0.717, 1.165) is 0 Å². The van der Waals surface area contributed by atoms with Crippen LogP contribution < -0.4 is 25.8 Å². The normalized spacial score (nSPS) is 13.5. The second-order valence-corrected chi connectivity index (χ2v) is 10.2. The van der Waals surface area contributed by atoms with Crippen molar-refractivity contribution < 1.29 is 29.0 Å². The van der Waals surface area contributed by atoms with E-state index in [0.29, 0.717) is 34.5 Å². The average molecular weight is 617 g/mol. The van der Waals surface area contributed by atoms with Crippen LogP contribution in [0.5, 0.6) is 11.8 Å². The number of nitro groups is 1. The Morgan fingerprint density at radius 3 is 2.04 bits per heavy atom. The maximum absolute atomic E-state index is 13.7. The Morgan fingerprint density at radius 2 is 1.44 bits per heavy atom. The standard InChI is InChI=1S/C32H36N6O7/c1-20(31(39)26(36-24-13-5-4-12-23(24)33)18-21-10-8-16-29(34-21)43-2)45-32(40)27(19-22-11-9-17-30(35-22)44-3)37-25-14-6-7-15-28(25)38(41)42/h4-17,20,26-27,31,36-37,39H,18-19,33H2,1-3H3. The molecule has 0 saturated heterocycles. The number of hydrogen-bond acceptors (Lipinski definition) is 12. The molecule has 0 spiro atoms. The van der Waals surface area contributed by atoms with E-state index in [1.807, 2.05) is 0 Å². The molecule has 45 heavy (non-hydrogen) atoms. The number of nitrogens with one attached hydrogen (secondary N) is 2. The van der Waals surface area contributed by atoms with Gasteiger partial charge < -0.3 is 35.7 Å². The quantitative estimate of drug-likeness (QED) is 0.0652. The number of rotatable bonds is 15. The minimum atomic E-state index is -1.23. The Morgan fingerprint density at radius 1 is 0.867 bits per heavy atom. The molecule has 0 aliphatic carbocycles. The zero-order valence-corrected chi connectivity index (χ0v) is 25.1. The summed E-state index contributed by atoms with van der Waals surface area (Å²) in [5, 5.41) is 29.4. The summed E-state index contributed by atoms with van der Waals surface area (Å²) in [6.45, 7) is 1.57. The van der Waals surface area contributed by atoms with E-state index in [1.54, 1.807) is 73.7 Å². The maximum atomic E-state index is 13.7. The molecule has 2 aromatic heterocycles. The van der Waals surface area contributed by atoms with E-state index >= 15 is 0 Å². The number of ether oxygens (including phenoxy) is 3. The van der Waals surface area contributed by atoms with Gasteiger partial charge in [0.15, 0.2) is 0 Å². The molecule has 4 aromatic rings. The van der Waals surface area contributed by atoms with Gasteiger partial charge in [-0.1, -0.05) is 36.4 Å². The highest BCUT2D eigenvalue weighted by molar-refractivity contribution is 5.81. The number of nitrogens with two attached hydrogens (primary N) is 1. The van der Waals surface area contributed by atoms with Gasteiger partial charge in [-0.3, -0.25) is 10.1 Å². The summed E-state index contributed by atoms with van der Waals surface area (Å²) in [5.41, 5.74) is 8.25. The lowest BCUT2D eigenvalue weighted by atomic mass is 10.00. The molecule has 0 radical (unpaired) electrons. The van der Waals surface area contributed by atoms with Gasteiger partial charge in [-0.2, -0.15) is 0 Å². The Balaban J connectivity index is 1.59. The van der Waals surface area contributed by atoms with Gasteiger partial charge in [0.05, 0.1) is 36.6 Å². The molecule has 4 unspecified atom stereocenters. The molecule has 4 atom stereocenters. The Labute approximate surface area is 260 Å². The summed E-state index contributed by atoms with van der Waals surface area (Å²) in [5.74, 6) is 0.00525. The highest BCUT2D eigenvalue weighted by Gasteiger charge is 2.32. The number of nitro benzene ring substituents is 1. The van der Waals surface area contributed by atoms with Crippen LogP contribution >= 0.6 is 0 Å². The second-order valence-electron chi connectivity index (χ2n) is 10.2. The number of nitrogens with zero attached hydrogens (tertiary/aromatic N) is 3. The number of esters is 1. The van der Waals surface area contributed by atoms with Gasteiger partial charge in [-0.05, 0) is 37.3 Å². The highest BCUT2D eigenvalue weighted by Crippen LogP contribution is 2.26. The van der Waals surface area contributed by atoms with E-state index in [9.17, 15) is 20.0 Å². The number of nitrogen functional groups attached to an aromatic ring is 1. The maximum Gasteiger partial charge on any atom is 0.329 e. The molecule has 13 heteroatoms. The molecule has 0 fully saturated rings. The Bertz CT molecular complexity index is 1600. The van der Waals surface area contributed by atoms with Crippen LogP contribution in [-0.2, 0) is 22.4 Å². The van der Waals surface area contributed by atoms with Crippen molar-refractivity contribution in [1.29, 1.82) is 0 Å². The van der Waals surface area contributed by atoms with Gasteiger partial charge in [-0.25, -0.2) is 14.8 Å². The monoisotopic (exact) mass is 616 g/mol. The van der Waals surface area contributed by atoms with E-state index in [1.165, 1.54) is 32.4 Å². The fourth-order valence-electron chi connectivity index (χ4n) is 4.69. The molecule has 4 rings (SSSR count). The van der Waals surface area contributed by atoms with Crippen molar-refractivity contribution in [2.45, 2.75) is 44.1 Å². The van der Waals surface area contributed by atoms with E-state index in [4.69, 9.17) is 19.9 Å². The average Bonchev–Trinajstić information content (AvgIpc) is 3.05. The van der Waals surface area contributed by atoms with E-state index in [2.05, 4.69) is 20.6 Å². The van der Waals surface area contributed by atoms with Crippen molar-refractivity contribution >= 4 is 28.7 Å². The molecular weight excluding hydrogens is 580 g/mol. The van der Waals surface area contributed by atoms with Gasteiger partial charge in [0, 0.05) is 42.4 Å². The summed E-state index contributed by atoms with van der Waals surface area (Å²) >= 11 is 0. The topological polar surface area (TPSA) is 184 Å². The molecular formula is C32H36N6O7. The van der Waals surface area contributed by atoms with Gasteiger partial charge >= 0.3 is 5.97 Å². The molecule has 0 aliphatic rings. The highest BCUT2D eigenvalue weighted by atomic mass is 16.6. The molecule has 5 N–H and O–H groups in total. The van der Waals surface area contributed by atoms with Crippen LogP contribution in [0.4, 0.5) is 22.7 Å². The lowest BCUT2D eigenvalue weighted by Crippen LogP contribution is -2.46. The van der Waals surface area contributed by atoms with Crippen molar-refractivity contribution in [3.63, 3.8) is 0 Å². The molecule has 0 amide bonds. The van der Waals surface area contributed by atoms with Gasteiger partial charge in [0.1, 0.15) is 23.9 Å². The fraction of sp³-hybridized carbons (Fsp3) is 0.281. The number of benzene rings is 2. The molecule has 236 valence electrons. The summed E-state index contributed by atoms with van der Waals surface area (Å²) in [6, 6.07) is 21.7. The third kappa shape index (κ3) is 8.80. The number of aliphatic hydroxyl groups is 1.